The van der Waals surface area contributed by atoms with Gasteiger partial charge >= 0.3 is 11.9 Å². The third kappa shape index (κ3) is 7.37. The van der Waals surface area contributed by atoms with E-state index >= 15 is 0 Å². The van der Waals surface area contributed by atoms with Crippen LogP contribution in [0.2, 0.25) is 5.02 Å². The van der Waals surface area contributed by atoms with Gasteiger partial charge in [-0.25, -0.2) is 14.0 Å². The molecule has 4 rings (SSSR count). The molecule has 1 fully saturated rings. The summed E-state index contributed by atoms with van der Waals surface area (Å²) < 4.78 is 40.1. The average molecular weight is 606 g/mol. The molecule has 0 saturated carbocycles. The zero-order chi connectivity index (χ0) is 30.2. The van der Waals surface area contributed by atoms with Crippen molar-refractivity contribution in [3.8, 4) is 5.75 Å². The van der Waals surface area contributed by atoms with Crippen molar-refractivity contribution in [2.24, 2.45) is 0 Å². The van der Waals surface area contributed by atoms with E-state index in [0.29, 0.717) is 26.2 Å². The first-order valence-corrected chi connectivity index (χ1v) is 13.7. The highest BCUT2D eigenvalue weighted by molar-refractivity contribution is 6.34. The first-order chi connectivity index (χ1) is 20.2. The topological polar surface area (TPSA) is 116 Å². The van der Waals surface area contributed by atoms with Gasteiger partial charge in [-0.1, -0.05) is 23.7 Å². The van der Waals surface area contributed by atoms with E-state index in [-0.39, 0.29) is 71.7 Å². The average Bonchev–Trinajstić information content (AvgIpc) is 3.00. The Morgan fingerprint density at radius 3 is 2.55 bits per heavy atom. The number of carbonyl (C=O) groups excluding carboxylic acids is 3. The van der Waals surface area contributed by atoms with Crippen molar-refractivity contribution in [1.82, 2.24) is 10.2 Å². The second kappa shape index (κ2) is 14.5. The summed E-state index contributed by atoms with van der Waals surface area (Å²) in [5, 5.41) is 3.00. The Morgan fingerprint density at radius 1 is 1.12 bits per heavy atom. The Bertz CT molecular complexity index is 1340. The minimum atomic E-state index is -0.782. The lowest BCUT2D eigenvalue weighted by molar-refractivity contribution is -0.140. The standard InChI is InChI=1S/C29H33ClFN3O8/c1-4-41-25-12-24(34-17-40-16-22(28(36)38-2)26(34)29(37)39-3)23(30)11-21(25)27(35)32-13-20-15-33(9-10-42-20)14-18-5-7-19(31)8-6-18/h5-8,11-12,20H,4,9-10,13-17H2,1-3H3,(H,32,35). The lowest BCUT2D eigenvalue weighted by Gasteiger charge is -2.33. The van der Waals surface area contributed by atoms with Crippen LogP contribution in [0, 0.1) is 5.82 Å². The molecule has 1 atom stereocenters. The first kappa shape index (κ1) is 31.2. The van der Waals surface area contributed by atoms with E-state index in [1.807, 2.05) is 0 Å². The van der Waals surface area contributed by atoms with Gasteiger partial charge in [-0.05, 0) is 30.7 Å². The molecule has 0 aliphatic carbocycles. The molecule has 2 aromatic carbocycles. The van der Waals surface area contributed by atoms with Gasteiger partial charge in [0.25, 0.3) is 5.91 Å². The summed E-state index contributed by atoms with van der Waals surface area (Å²) >= 11 is 6.63. The van der Waals surface area contributed by atoms with Crippen LogP contribution in [0.15, 0.2) is 47.7 Å². The fourth-order valence-corrected chi connectivity index (χ4v) is 5.00. The van der Waals surface area contributed by atoms with Crippen LogP contribution in [0.3, 0.4) is 0 Å². The molecule has 1 N–H and O–H groups in total. The molecule has 0 spiro atoms. The quantitative estimate of drug-likeness (QED) is 0.405. The van der Waals surface area contributed by atoms with E-state index in [9.17, 15) is 18.8 Å². The zero-order valence-corrected chi connectivity index (χ0v) is 24.4. The van der Waals surface area contributed by atoms with Crippen molar-refractivity contribution in [2.45, 2.75) is 19.6 Å². The van der Waals surface area contributed by atoms with Gasteiger partial charge in [0.2, 0.25) is 0 Å². The molecule has 0 aromatic heterocycles. The Hall–Kier alpha value is -3.71. The van der Waals surface area contributed by atoms with Gasteiger partial charge in [-0.15, -0.1) is 0 Å². The summed E-state index contributed by atoms with van der Waals surface area (Å²) in [4.78, 5) is 41.9. The second-order valence-electron chi connectivity index (χ2n) is 9.51. The van der Waals surface area contributed by atoms with Crippen LogP contribution in [0.4, 0.5) is 10.1 Å². The Morgan fingerprint density at radius 2 is 1.86 bits per heavy atom. The highest BCUT2D eigenvalue weighted by atomic mass is 35.5. The van der Waals surface area contributed by atoms with E-state index in [1.165, 1.54) is 43.4 Å². The first-order valence-electron chi connectivity index (χ1n) is 13.3. The lowest BCUT2D eigenvalue weighted by Crippen LogP contribution is -2.47. The number of hydrogen-bond donors (Lipinski definition) is 1. The van der Waals surface area contributed by atoms with Gasteiger partial charge in [0.1, 0.15) is 24.0 Å². The van der Waals surface area contributed by atoms with Gasteiger partial charge in [-0.2, -0.15) is 0 Å². The SMILES string of the molecule is CCOc1cc(N2COCC(C(=O)OC)=C2C(=O)OC)c(Cl)cc1C(=O)NCC1CN(Cc2ccc(F)cc2)CCO1. The van der Waals surface area contributed by atoms with Crippen molar-refractivity contribution >= 4 is 35.1 Å². The van der Waals surface area contributed by atoms with Crippen LogP contribution in [-0.4, -0.2) is 89.3 Å². The van der Waals surface area contributed by atoms with Crippen LogP contribution in [0.25, 0.3) is 0 Å². The van der Waals surface area contributed by atoms with E-state index in [4.69, 9.17) is 35.3 Å². The molecule has 2 heterocycles. The summed E-state index contributed by atoms with van der Waals surface area (Å²) in [5.74, 6) is -2.03. The minimum absolute atomic E-state index is 0.0348. The van der Waals surface area contributed by atoms with Crippen LogP contribution in [-0.2, 0) is 35.1 Å². The molecule has 0 radical (unpaired) electrons. The van der Waals surface area contributed by atoms with E-state index in [0.717, 1.165) is 5.56 Å². The van der Waals surface area contributed by atoms with Crippen LogP contribution in [0.5, 0.6) is 5.75 Å². The fourth-order valence-electron chi connectivity index (χ4n) is 4.73. The normalized spacial score (nSPS) is 17.5. The van der Waals surface area contributed by atoms with Crippen LogP contribution >= 0.6 is 11.6 Å². The highest BCUT2D eigenvalue weighted by Gasteiger charge is 2.34. The number of rotatable bonds is 10. The van der Waals surface area contributed by atoms with Crippen LogP contribution < -0.4 is 15.0 Å². The highest BCUT2D eigenvalue weighted by Crippen LogP contribution is 2.37. The van der Waals surface area contributed by atoms with Crippen molar-refractivity contribution in [2.75, 3.05) is 65.3 Å². The Balaban J connectivity index is 1.51. The molecule has 2 aromatic rings. The number of anilines is 1. The number of methoxy groups -OCH3 is 2. The van der Waals surface area contributed by atoms with Gasteiger partial charge < -0.3 is 33.9 Å². The number of halogens is 2. The number of amides is 1. The number of nitrogens with zero attached hydrogens (tertiary/aromatic N) is 2. The monoisotopic (exact) mass is 605 g/mol. The number of ether oxygens (including phenoxy) is 5. The number of hydrogen-bond acceptors (Lipinski definition) is 10. The second-order valence-corrected chi connectivity index (χ2v) is 9.92. The summed E-state index contributed by atoms with van der Waals surface area (Å²) in [7, 11) is 2.38. The predicted molar refractivity (Wildman–Crippen MR) is 151 cm³/mol. The number of nitrogens with one attached hydrogen (secondary N) is 1. The van der Waals surface area contributed by atoms with Crippen molar-refractivity contribution in [3.05, 3.63) is 69.6 Å². The summed E-state index contributed by atoms with van der Waals surface area (Å²) in [6.45, 7) is 4.40. The van der Waals surface area contributed by atoms with E-state index in [2.05, 4.69) is 10.2 Å². The molecule has 11 nitrogen and oxygen atoms in total. The summed E-state index contributed by atoms with van der Waals surface area (Å²) in [6.07, 6.45) is -0.261. The Labute approximate surface area is 248 Å². The third-order valence-corrected chi connectivity index (χ3v) is 7.05. The lowest BCUT2D eigenvalue weighted by atomic mass is 10.1. The summed E-state index contributed by atoms with van der Waals surface area (Å²) in [6, 6.07) is 9.31. The molecule has 2 aliphatic rings. The van der Waals surface area contributed by atoms with Crippen LogP contribution in [0.1, 0.15) is 22.8 Å². The number of esters is 2. The zero-order valence-electron chi connectivity index (χ0n) is 23.6. The van der Waals surface area contributed by atoms with E-state index in [1.54, 1.807) is 19.1 Å². The molecule has 42 heavy (non-hydrogen) atoms. The largest absolute Gasteiger partial charge is 0.493 e. The maximum Gasteiger partial charge on any atom is 0.355 e. The van der Waals surface area contributed by atoms with Crippen molar-refractivity contribution < 1.29 is 42.5 Å². The number of morpholine rings is 1. The maximum absolute atomic E-state index is 13.3. The van der Waals surface area contributed by atoms with Crippen molar-refractivity contribution in [1.29, 1.82) is 0 Å². The molecule has 1 unspecified atom stereocenters. The summed E-state index contributed by atoms with van der Waals surface area (Å²) in [5.41, 5.74) is 1.31. The minimum Gasteiger partial charge on any atom is -0.493 e. The Kier molecular flexibility index (Phi) is 10.7. The molecule has 2 aliphatic heterocycles. The van der Waals surface area contributed by atoms with Gasteiger partial charge in [0.05, 0.1) is 62.0 Å². The van der Waals surface area contributed by atoms with Crippen molar-refractivity contribution in [3.63, 3.8) is 0 Å². The number of benzene rings is 2. The molecule has 226 valence electrons. The predicted octanol–water partition coefficient (Wildman–Crippen LogP) is 2.90. The third-order valence-electron chi connectivity index (χ3n) is 6.75. The molecular formula is C29H33ClFN3O8. The molecule has 0 bridgehead atoms. The molecule has 1 saturated heterocycles. The van der Waals surface area contributed by atoms with Gasteiger partial charge in [0.15, 0.2) is 0 Å². The molecule has 1 amide bonds. The molecule has 13 heteroatoms. The fraction of sp³-hybridized carbons (Fsp3) is 0.414. The smallest absolute Gasteiger partial charge is 0.355 e. The van der Waals surface area contributed by atoms with Gasteiger partial charge in [0, 0.05) is 32.2 Å². The van der Waals surface area contributed by atoms with Gasteiger partial charge in [-0.3, -0.25) is 9.69 Å². The maximum atomic E-state index is 13.3. The molecular weight excluding hydrogens is 573 g/mol. The number of carbonyl (C=O) groups is 3. The van der Waals surface area contributed by atoms with E-state index < -0.39 is 17.8 Å².